The van der Waals surface area contributed by atoms with E-state index in [9.17, 15) is 15.0 Å². The van der Waals surface area contributed by atoms with Crippen LogP contribution in [0.2, 0.25) is 0 Å². The molecule has 1 aliphatic rings. The molecule has 1 saturated heterocycles. The summed E-state index contributed by atoms with van der Waals surface area (Å²) in [5.41, 5.74) is 0.139. The second kappa shape index (κ2) is 6.17. The van der Waals surface area contributed by atoms with Crippen molar-refractivity contribution in [2.45, 2.75) is 18.2 Å². The summed E-state index contributed by atoms with van der Waals surface area (Å²) in [6, 6.07) is 2.02. The van der Waals surface area contributed by atoms with Crippen LogP contribution < -0.4 is 5.32 Å². The van der Waals surface area contributed by atoms with Gasteiger partial charge in [-0.25, -0.2) is 4.98 Å². The topological polar surface area (TPSA) is 101 Å². The van der Waals surface area contributed by atoms with Crippen molar-refractivity contribution in [3.8, 4) is 0 Å². The smallest absolute Gasteiger partial charge is 0.269 e. The number of aromatic nitrogens is 2. The quantitative estimate of drug-likeness (QED) is 0.611. The molecule has 0 spiro atoms. The first-order valence-electron chi connectivity index (χ1n) is 6.97. The summed E-state index contributed by atoms with van der Waals surface area (Å²) in [5, 5.41) is 27.4. The zero-order valence-electron chi connectivity index (χ0n) is 11.9. The monoisotopic (exact) mass is 322 g/mol. The Morgan fingerprint density at radius 2 is 2.50 bits per heavy atom. The van der Waals surface area contributed by atoms with Crippen molar-refractivity contribution >= 4 is 17.2 Å². The molecule has 0 saturated carbocycles. The van der Waals surface area contributed by atoms with Gasteiger partial charge in [0.2, 0.25) is 0 Å². The fourth-order valence-corrected chi connectivity index (χ4v) is 3.28. The molecule has 0 radical (unpaired) electrons. The van der Waals surface area contributed by atoms with E-state index < -0.39 is 11.7 Å². The summed E-state index contributed by atoms with van der Waals surface area (Å²) in [6.45, 7) is 1.36. The molecule has 0 bridgehead atoms. The van der Waals surface area contributed by atoms with Crippen LogP contribution in [0.1, 0.15) is 16.1 Å². The van der Waals surface area contributed by atoms with Crippen LogP contribution in [0.3, 0.4) is 0 Å². The Labute approximate surface area is 131 Å². The van der Waals surface area contributed by atoms with Crippen LogP contribution in [0.15, 0.2) is 29.4 Å². The summed E-state index contributed by atoms with van der Waals surface area (Å²) in [5.74, 6) is -0.352. The van der Waals surface area contributed by atoms with Crippen molar-refractivity contribution in [3.05, 3.63) is 40.6 Å². The maximum absolute atomic E-state index is 11.9. The molecule has 3 heterocycles. The standard InChI is InChI=1S/C14H18N4O3S/c19-12-5-18(4-10-1-2-22-6-10)8-14(12,21)7-16-13(20)11-3-15-9-17-11/h1-3,6,9,12,19,21H,4-5,7-8H2,(H,15,17)(H,16,20)/t12-,14+/m1/s1. The Balaban J connectivity index is 1.57. The van der Waals surface area contributed by atoms with Gasteiger partial charge in [0.15, 0.2) is 0 Å². The van der Waals surface area contributed by atoms with E-state index in [0.717, 1.165) is 5.56 Å². The van der Waals surface area contributed by atoms with E-state index in [1.54, 1.807) is 11.3 Å². The van der Waals surface area contributed by atoms with E-state index in [2.05, 4.69) is 15.3 Å². The Hall–Kier alpha value is -1.74. The molecule has 118 valence electrons. The minimum Gasteiger partial charge on any atom is -0.389 e. The maximum atomic E-state index is 11.9. The highest BCUT2D eigenvalue weighted by Crippen LogP contribution is 2.23. The lowest BCUT2D eigenvalue weighted by Crippen LogP contribution is -2.51. The first kappa shape index (κ1) is 15.2. The summed E-state index contributed by atoms with van der Waals surface area (Å²) < 4.78 is 0. The molecule has 3 rings (SSSR count). The largest absolute Gasteiger partial charge is 0.389 e. The van der Waals surface area contributed by atoms with Gasteiger partial charge in [-0.2, -0.15) is 11.3 Å². The molecule has 2 aromatic heterocycles. The molecule has 7 nitrogen and oxygen atoms in total. The number of carbonyl (C=O) groups excluding carboxylic acids is 1. The highest BCUT2D eigenvalue weighted by molar-refractivity contribution is 7.07. The number of β-amino-alcohol motifs (C(OH)–C–C–N with tert-alkyl or cyclic N) is 2. The Bertz CT molecular complexity index is 616. The Morgan fingerprint density at radius 3 is 3.18 bits per heavy atom. The molecule has 2 aromatic rings. The molecule has 2 atom stereocenters. The van der Waals surface area contributed by atoms with Crippen molar-refractivity contribution in [3.63, 3.8) is 0 Å². The average Bonchev–Trinajstić information content (AvgIpc) is 3.20. The molecule has 1 aliphatic heterocycles. The van der Waals surface area contributed by atoms with Crippen LogP contribution >= 0.6 is 11.3 Å². The average molecular weight is 322 g/mol. The molecule has 8 heteroatoms. The first-order chi connectivity index (χ1) is 10.6. The van der Waals surface area contributed by atoms with Crippen molar-refractivity contribution in [1.29, 1.82) is 0 Å². The molecule has 22 heavy (non-hydrogen) atoms. The number of rotatable bonds is 5. The molecule has 0 aromatic carbocycles. The third-order valence-electron chi connectivity index (χ3n) is 3.83. The summed E-state index contributed by atoms with van der Waals surface area (Å²) in [6.07, 6.45) is 1.93. The fourth-order valence-electron chi connectivity index (χ4n) is 2.62. The first-order valence-corrected chi connectivity index (χ1v) is 7.91. The fraction of sp³-hybridized carbons (Fsp3) is 0.429. The molecular formula is C14H18N4O3S. The van der Waals surface area contributed by atoms with Gasteiger partial charge >= 0.3 is 0 Å². The number of aliphatic hydroxyl groups is 2. The van der Waals surface area contributed by atoms with Crippen LogP contribution in [0, 0.1) is 0 Å². The van der Waals surface area contributed by atoms with Crippen LogP contribution in [-0.2, 0) is 6.54 Å². The van der Waals surface area contributed by atoms with Crippen molar-refractivity contribution < 1.29 is 15.0 Å². The number of nitrogens with zero attached hydrogens (tertiary/aromatic N) is 2. The van der Waals surface area contributed by atoms with Crippen LogP contribution in [0.25, 0.3) is 0 Å². The van der Waals surface area contributed by atoms with Gasteiger partial charge in [0.1, 0.15) is 11.3 Å². The number of thiophene rings is 1. The molecule has 0 aliphatic carbocycles. The summed E-state index contributed by atoms with van der Waals surface area (Å²) >= 11 is 1.62. The number of H-pyrrole nitrogens is 1. The van der Waals surface area contributed by atoms with E-state index in [-0.39, 0.29) is 12.5 Å². The van der Waals surface area contributed by atoms with Crippen LogP contribution in [0.5, 0.6) is 0 Å². The van der Waals surface area contributed by atoms with Gasteiger partial charge < -0.3 is 20.5 Å². The lowest BCUT2D eigenvalue weighted by Gasteiger charge is -2.26. The van der Waals surface area contributed by atoms with Crippen molar-refractivity contribution in [2.24, 2.45) is 0 Å². The predicted octanol–water partition coefficient (Wildman–Crippen LogP) is -0.191. The number of aromatic amines is 1. The number of hydrogen-bond acceptors (Lipinski definition) is 6. The van der Waals surface area contributed by atoms with Gasteiger partial charge in [-0.05, 0) is 22.4 Å². The van der Waals surface area contributed by atoms with Gasteiger partial charge in [0.25, 0.3) is 5.91 Å². The van der Waals surface area contributed by atoms with Gasteiger partial charge in [-0.15, -0.1) is 0 Å². The Morgan fingerprint density at radius 1 is 1.64 bits per heavy atom. The SMILES string of the molecule is O=C(NC[C@]1(O)CN(Cc2ccsc2)C[C@H]1O)c1cnc[nH]1. The third kappa shape index (κ3) is 3.20. The van der Waals surface area contributed by atoms with Gasteiger partial charge in [-0.1, -0.05) is 0 Å². The second-order valence-electron chi connectivity index (χ2n) is 5.57. The maximum Gasteiger partial charge on any atom is 0.269 e. The van der Waals surface area contributed by atoms with E-state index in [1.807, 2.05) is 21.7 Å². The van der Waals surface area contributed by atoms with Crippen molar-refractivity contribution in [2.75, 3.05) is 19.6 Å². The highest BCUT2D eigenvalue weighted by atomic mass is 32.1. The number of nitrogens with one attached hydrogen (secondary N) is 2. The molecular weight excluding hydrogens is 304 g/mol. The lowest BCUT2D eigenvalue weighted by atomic mass is 10.0. The number of aliphatic hydroxyl groups excluding tert-OH is 1. The Kier molecular flexibility index (Phi) is 4.25. The van der Waals surface area contributed by atoms with Gasteiger partial charge in [0, 0.05) is 19.6 Å². The van der Waals surface area contributed by atoms with Crippen LogP contribution in [0.4, 0.5) is 0 Å². The highest BCUT2D eigenvalue weighted by Gasteiger charge is 2.44. The van der Waals surface area contributed by atoms with Gasteiger partial charge in [-0.3, -0.25) is 9.69 Å². The predicted molar refractivity (Wildman–Crippen MR) is 81.5 cm³/mol. The molecule has 0 unspecified atom stereocenters. The van der Waals surface area contributed by atoms with Gasteiger partial charge in [0.05, 0.1) is 25.2 Å². The number of amides is 1. The summed E-state index contributed by atoms with van der Waals surface area (Å²) in [4.78, 5) is 20.3. The zero-order valence-corrected chi connectivity index (χ0v) is 12.7. The molecule has 4 N–H and O–H groups in total. The summed E-state index contributed by atoms with van der Waals surface area (Å²) in [7, 11) is 0. The zero-order chi connectivity index (χ0) is 15.6. The van der Waals surface area contributed by atoms with E-state index in [4.69, 9.17) is 0 Å². The number of imidazole rings is 1. The lowest BCUT2D eigenvalue weighted by molar-refractivity contribution is -0.0377. The molecule has 1 amide bonds. The minimum atomic E-state index is -1.34. The van der Waals surface area contributed by atoms with Crippen molar-refractivity contribution in [1.82, 2.24) is 20.2 Å². The number of hydrogen-bond donors (Lipinski definition) is 4. The normalized spacial score (nSPS) is 25.5. The molecule has 1 fully saturated rings. The third-order valence-corrected chi connectivity index (χ3v) is 4.57. The second-order valence-corrected chi connectivity index (χ2v) is 6.35. The van der Waals surface area contributed by atoms with E-state index in [0.29, 0.717) is 25.3 Å². The minimum absolute atomic E-state index is 0.00778. The number of carbonyl (C=O) groups is 1. The van der Waals surface area contributed by atoms with Crippen LogP contribution in [-0.4, -0.2) is 62.3 Å². The van der Waals surface area contributed by atoms with E-state index in [1.165, 1.54) is 12.5 Å². The van der Waals surface area contributed by atoms with E-state index >= 15 is 0 Å². The number of likely N-dealkylation sites (tertiary alicyclic amines) is 1.